The fourth-order valence-electron chi connectivity index (χ4n) is 3.30. The molecular weight excluding hydrogens is 212 g/mol. The fourth-order valence-corrected chi connectivity index (χ4v) is 3.30. The zero-order valence-electron chi connectivity index (χ0n) is 9.91. The monoisotopic (exact) mass is 228 g/mol. The molecule has 0 radical (unpaired) electrons. The number of nitriles is 1. The molecule has 2 aliphatic rings. The molecule has 0 saturated heterocycles. The van der Waals surface area contributed by atoms with E-state index in [1.165, 1.54) is 24.1 Å². The lowest BCUT2D eigenvalue weighted by molar-refractivity contribution is 0.485. The minimum Gasteiger partial charge on any atom is -0.308 e. The third-order valence-corrected chi connectivity index (χ3v) is 4.10. The van der Waals surface area contributed by atoms with E-state index >= 15 is 0 Å². The van der Waals surface area contributed by atoms with Crippen molar-refractivity contribution in [2.75, 3.05) is 0 Å². The van der Waals surface area contributed by atoms with E-state index in [4.69, 9.17) is 5.26 Å². The zero-order valence-corrected chi connectivity index (χ0v) is 9.91. The SMILES string of the molecule is N#Cc1cc2c(n(C3CCCC3)c1=O)CCC2. The molecule has 0 amide bonds. The normalized spacial score (nSPS) is 19.2. The van der Waals surface area contributed by atoms with Crippen LogP contribution in [0.5, 0.6) is 0 Å². The van der Waals surface area contributed by atoms with Crippen LogP contribution < -0.4 is 5.56 Å². The summed E-state index contributed by atoms with van der Waals surface area (Å²) in [6.45, 7) is 0. The average Bonchev–Trinajstić information content (AvgIpc) is 2.97. The van der Waals surface area contributed by atoms with E-state index in [9.17, 15) is 4.79 Å². The largest absolute Gasteiger partial charge is 0.308 e. The lowest BCUT2D eigenvalue weighted by atomic mass is 10.1. The number of pyridine rings is 1. The standard InChI is InChI=1S/C14H16N2O/c15-9-11-8-10-4-3-7-13(10)16(14(11)17)12-5-1-2-6-12/h8,12H,1-7H2. The van der Waals surface area contributed by atoms with Crippen LogP contribution in [0.15, 0.2) is 10.9 Å². The average molecular weight is 228 g/mol. The van der Waals surface area contributed by atoms with Crippen molar-refractivity contribution in [3.63, 3.8) is 0 Å². The molecule has 1 saturated carbocycles. The molecule has 0 aliphatic heterocycles. The van der Waals surface area contributed by atoms with Crippen LogP contribution in [-0.4, -0.2) is 4.57 Å². The van der Waals surface area contributed by atoms with Gasteiger partial charge in [0.05, 0.1) is 0 Å². The van der Waals surface area contributed by atoms with Crippen molar-refractivity contribution in [3.05, 3.63) is 33.2 Å². The lowest BCUT2D eigenvalue weighted by Crippen LogP contribution is -2.28. The highest BCUT2D eigenvalue weighted by molar-refractivity contribution is 5.36. The van der Waals surface area contributed by atoms with Gasteiger partial charge in [-0.15, -0.1) is 0 Å². The molecule has 3 heteroatoms. The molecule has 0 bridgehead atoms. The second-order valence-electron chi connectivity index (χ2n) is 5.11. The van der Waals surface area contributed by atoms with Crippen molar-refractivity contribution >= 4 is 0 Å². The van der Waals surface area contributed by atoms with Crippen molar-refractivity contribution in [2.24, 2.45) is 0 Å². The predicted molar refractivity (Wildman–Crippen MR) is 64.9 cm³/mol. The number of aromatic nitrogens is 1. The molecule has 3 nitrogen and oxygen atoms in total. The molecular formula is C14H16N2O. The molecule has 2 aliphatic carbocycles. The van der Waals surface area contributed by atoms with E-state index in [1.807, 2.05) is 10.6 Å². The fraction of sp³-hybridized carbons (Fsp3) is 0.571. The van der Waals surface area contributed by atoms with Crippen LogP contribution in [0.2, 0.25) is 0 Å². The summed E-state index contributed by atoms with van der Waals surface area (Å²) in [4.78, 5) is 12.3. The highest BCUT2D eigenvalue weighted by atomic mass is 16.1. The lowest BCUT2D eigenvalue weighted by Gasteiger charge is -2.18. The van der Waals surface area contributed by atoms with E-state index in [2.05, 4.69) is 6.07 Å². The molecule has 0 aromatic carbocycles. The van der Waals surface area contributed by atoms with Gasteiger partial charge in [0.1, 0.15) is 11.6 Å². The van der Waals surface area contributed by atoms with Crippen molar-refractivity contribution in [3.8, 4) is 6.07 Å². The molecule has 0 spiro atoms. The Hall–Kier alpha value is -1.56. The third-order valence-electron chi connectivity index (χ3n) is 4.10. The maximum Gasteiger partial charge on any atom is 0.268 e. The highest BCUT2D eigenvalue weighted by Gasteiger charge is 2.25. The molecule has 1 heterocycles. The molecule has 1 fully saturated rings. The molecule has 17 heavy (non-hydrogen) atoms. The van der Waals surface area contributed by atoms with Gasteiger partial charge in [-0.25, -0.2) is 0 Å². The van der Waals surface area contributed by atoms with E-state index in [0.717, 1.165) is 32.1 Å². The van der Waals surface area contributed by atoms with Gasteiger partial charge in [0.15, 0.2) is 0 Å². The molecule has 88 valence electrons. The maximum atomic E-state index is 12.3. The number of hydrogen-bond donors (Lipinski definition) is 0. The first-order chi connectivity index (χ1) is 8.31. The Kier molecular flexibility index (Phi) is 2.51. The summed E-state index contributed by atoms with van der Waals surface area (Å²) in [5.74, 6) is 0. The van der Waals surface area contributed by atoms with Gasteiger partial charge in [0.25, 0.3) is 5.56 Å². The smallest absolute Gasteiger partial charge is 0.268 e. The minimum absolute atomic E-state index is 0.0555. The van der Waals surface area contributed by atoms with E-state index < -0.39 is 0 Å². The maximum absolute atomic E-state index is 12.3. The molecule has 0 atom stereocenters. The first kappa shape index (κ1) is 10.6. The Morgan fingerprint density at radius 3 is 2.71 bits per heavy atom. The summed E-state index contributed by atoms with van der Waals surface area (Å²) in [6.07, 6.45) is 7.77. The van der Waals surface area contributed by atoms with Gasteiger partial charge in [0, 0.05) is 11.7 Å². The molecule has 3 rings (SSSR count). The third kappa shape index (κ3) is 1.59. The summed E-state index contributed by atoms with van der Waals surface area (Å²) < 4.78 is 1.95. The van der Waals surface area contributed by atoms with Crippen LogP contribution in [0.4, 0.5) is 0 Å². The van der Waals surface area contributed by atoms with Gasteiger partial charge in [0.2, 0.25) is 0 Å². The van der Waals surface area contributed by atoms with Crippen molar-refractivity contribution < 1.29 is 0 Å². The molecule has 0 N–H and O–H groups in total. The molecule has 1 aromatic rings. The number of aryl methyl sites for hydroxylation is 1. The van der Waals surface area contributed by atoms with Crippen molar-refractivity contribution in [1.82, 2.24) is 4.57 Å². The summed E-state index contributed by atoms with van der Waals surface area (Å²) in [5.41, 5.74) is 2.71. The van der Waals surface area contributed by atoms with Crippen LogP contribution in [-0.2, 0) is 12.8 Å². The second-order valence-corrected chi connectivity index (χ2v) is 5.11. The van der Waals surface area contributed by atoms with E-state index in [1.54, 1.807) is 0 Å². The van der Waals surface area contributed by atoms with Crippen LogP contribution in [0.1, 0.15) is 55.0 Å². The Morgan fingerprint density at radius 1 is 1.24 bits per heavy atom. The van der Waals surface area contributed by atoms with E-state index in [0.29, 0.717) is 11.6 Å². The Balaban J connectivity index is 2.21. The van der Waals surface area contributed by atoms with Gasteiger partial charge in [-0.1, -0.05) is 12.8 Å². The zero-order chi connectivity index (χ0) is 11.8. The van der Waals surface area contributed by atoms with E-state index in [-0.39, 0.29) is 5.56 Å². The van der Waals surface area contributed by atoms with Gasteiger partial charge >= 0.3 is 0 Å². The topological polar surface area (TPSA) is 45.8 Å². The number of nitrogens with zero attached hydrogens (tertiary/aromatic N) is 2. The first-order valence-electron chi connectivity index (χ1n) is 6.48. The second kappa shape index (κ2) is 4.03. The summed E-state index contributed by atoms with van der Waals surface area (Å²) >= 11 is 0. The van der Waals surface area contributed by atoms with Gasteiger partial charge in [-0.05, 0) is 43.7 Å². The summed E-state index contributed by atoms with van der Waals surface area (Å²) in [6, 6.07) is 4.22. The van der Waals surface area contributed by atoms with Crippen molar-refractivity contribution in [1.29, 1.82) is 5.26 Å². The van der Waals surface area contributed by atoms with Gasteiger partial charge in [-0.2, -0.15) is 5.26 Å². The molecule has 0 unspecified atom stereocenters. The van der Waals surface area contributed by atoms with Crippen LogP contribution >= 0.6 is 0 Å². The highest BCUT2D eigenvalue weighted by Crippen LogP contribution is 2.32. The van der Waals surface area contributed by atoms with Crippen LogP contribution in [0, 0.1) is 11.3 Å². The van der Waals surface area contributed by atoms with Gasteiger partial charge in [-0.3, -0.25) is 4.79 Å². The quantitative estimate of drug-likeness (QED) is 0.740. The summed E-state index contributed by atoms with van der Waals surface area (Å²) in [7, 11) is 0. The Labute approximate surface area is 101 Å². The number of hydrogen-bond acceptors (Lipinski definition) is 2. The summed E-state index contributed by atoms with van der Waals surface area (Å²) in [5, 5.41) is 9.05. The predicted octanol–water partition coefficient (Wildman–Crippen LogP) is 2.32. The first-order valence-corrected chi connectivity index (χ1v) is 6.48. The van der Waals surface area contributed by atoms with Crippen LogP contribution in [0.25, 0.3) is 0 Å². The van der Waals surface area contributed by atoms with Crippen LogP contribution in [0.3, 0.4) is 0 Å². The van der Waals surface area contributed by atoms with Gasteiger partial charge < -0.3 is 4.57 Å². The molecule has 1 aromatic heterocycles. The van der Waals surface area contributed by atoms with Crippen molar-refractivity contribution in [2.45, 2.75) is 51.0 Å². The number of fused-ring (bicyclic) bond motifs is 1. The Morgan fingerprint density at radius 2 is 2.00 bits per heavy atom. The number of rotatable bonds is 1. The Bertz CT molecular complexity index is 545. The minimum atomic E-state index is -0.0555.